The van der Waals surface area contributed by atoms with Gasteiger partial charge in [0, 0.05) is 12.1 Å². The standard InChI is InChI=1S/C9H10F2N2O3/c1-16-8-4(3-12)2-5(7(10)11)6(13-8)9(14)15/h2,7H,3,12H2,1H3,(H,14,15). The van der Waals surface area contributed by atoms with Gasteiger partial charge in [0.05, 0.1) is 12.7 Å². The number of aromatic nitrogens is 1. The van der Waals surface area contributed by atoms with Crippen molar-refractivity contribution in [2.24, 2.45) is 5.73 Å². The number of alkyl halides is 2. The van der Waals surface area contributed by atoms with E-state index in [1.54, 1.807) is 0 Å². The number of nitrogens with two attached hydrogens (primary N) is 1. The van der Waals surface area contributed by atoms with Crippen LogP contribution in [0.25, 0.3) is 0 Å². The van der Waals surface area contributed by atoms with Crippen molar-refractivity contribution in [1.82, 2.24) is 4.98 Å². The van der Waals surface area contributed by atoms with Gasteiger partial charge >= 0.3 is 5.97 Å². The van der Waals surface area contributed by atoms with Gasteiger partial charge in [0.25, 0.3) is 6.43 Å². The molecule has 1 aromatic rings. The van der Waals surface area contributed by atoms with Crippen molar-refractivity contribution in [2.45, 2.75) is 13.0 Å². The smallest absolute Gasteiger partial charge is 0.355 e. The Morgan fingerprint density at radius 1 is 1.69 bits per heavy atom. The summed E-state index contributed by atoms with van der Waals surface area (Å²) in [6.45, 7) is -0.0597. The lowest BCUT2D eigenvalue weighted by molar-refractivity contribution is 0.0675. The van der Waals surface area contributed by atoms with E-state index in [1.807, 2.05) is 0 Å². The van der Waals surface area contributed by atoms with Crippen molar-refractivity contribution >= 4 is 5.97 Å². The molecule has 7 heteroatoms. The first-order valence-electron chi connectivity index (χ1n) is 4.30. The Bertz CT molecular complexity index is 410. The minimum absolute atomic E-state index is 0.0516. The predicted octanol–water partition coefficient (Wildman–Crippen LogP) is 1.18. The van der Waals surface area contributed by atoms with E-state index < -0.39 is 23.7 Å². The summed E-state index contributed by atoms with van der Waals surface area (Å²) in [7, 11) is 1.26. The van der Waals surface area contributed by atoms with E-state index in [1.165, 1.54) is 7.11 Å². The molecule has 16 heavy (non-hydrogen) atoms. The summed E-state index contributed by atoms with van der Waals surface area (Å²) in [5.74, 6) is -1.58. The molecule has 88 valence electrons. The number of methoxy groups -OCH3 is 1. The average molecular weight is 232 g/mol. The number of carboxylic acids is 1. The van der Waals surface area contributed by atoms with Crippen LogP contribution in [0.2, 0.25) is 0 Å². The first-order chi connectivity index (χ1) is 7.51. The third-order valence-corrected chi connectivity index (χ3v) is 1.94. The lowest BCUT2D eigenvalue weighted by Crippen LogP contribution is -2.11. The quantitative estimate of drug-likeness (QED) is 0.814. The van der Waals surface area contributed by atoms with Crippen LogP contribution < -0.4 is 10.5 Å². The van der Waals surface area contributed by atoms with Gasteiger partial charge < -0.3 is 15.6 Å². The van der Waals surface area contributed by atoms with Crippen molar-refractivity contribution in [3.63, 3.8) is 0 Å². The largest absolute Gasteiger partial charge is 0.481 e. The minimum Gasteiger partial charge on any atom is -0.481 e. The Labute approximate surface area is 89.9 Å². The van der Waals surface area contributed by atoms with E-state index in [4.69, 9.17) is 15.6 Å². The zero-order valence-electron chi connectivity index (χ0n) is 8.41. The van der Waals surface area contributed by atoms with Crippen LogP contribution in [0, 0.1) is 0 Å². The maximum absolute atomic E-state index is 12.6. The van der Waals surface area contributed by atoms with Crippen molar-refractivity contribution in [3.05, 3.63) is 22.9 Å². The number of ether oxygens (including phenoxy) is 1. The SMILES string of the molecule is COc1nc(C(=O)O)c(C(F)F)cc1CN. The van der Waals surface area contributed by atoms with Crippen LogP contribution in [0.5, 0.6) is 5.88 Å². The van der Waals surface area contributed by atoms with E-state index >= 15 is 0 Å². The Morgan fingerprint density at radius 2 is 2.31 bits per heavy atom. The predicted molar refractivity (Wildman–Crippen MR) is 50.6 cm³/mol. The van der Waals surface area contributed by atoms with Crippen molar-refractivity contribution in [3.8, 4) is 5.88 Å². The van der Waals surface area contributed by atoms with E-state index in [2.05, 4.69) is 4.98 Å². The maximum Gasteiger partial charge on any atom is 0.355 e. The number of pyridine rings is 1. The molecule has 0 aromatic carbocycles. The number of aromatic carboxylic acids is 1. The highest BCUT2D eigenvalue weighted by molar-refractivity contribution is 5.87. The fourth-order valence-electron chi connectivity index (χ4n) is 1.22. The summed E-state index contributed by atoms with van der Waals surface area (Å²) < 4.78 is 29.9. The van der Waals surface area contributed by atoms with Crippen molar-refractivity contribution in [1.29, 1.82) is 0 Å². The lowest BCUT2D eigenvalue weighted by Gasteiger charge is -2.10. The fraction of sp³-hybridized carbons (Fsp3) is 0.333. The molecule has 1 rings (SSSR count). The molecule has 1 heterocycles. The highest BCUT2D eigenvalue weighted by Gasteiger charge is 2.22. The lowest BCUT2D eigenvalue weighted by atomic mass is 10.1. The van der Waals surface area contributed by atoms with Gasteiger partial charge in [0.2, 0.25) is 5.88 Å². The van der Waals surface area contributed by atoms with Gasteiger partial charge in [0.1, 0.15) is 0 Å². The monoisotopic (exact) mass is 232 g/mol. The molecule has 0 amide bonds. The second-order valence-electron chi connectivity index (χ2n) is 2.90. The molecule has 0 unspecified atom stereocenters. The van der Waals surface area contributed by atoms with Crippen LogP contribution in [0.15, 0.2) is 6.07 Å². The van der Waals surface area contributed by atoms with E-state index in [-0.39, 0.29) is 18.0 Å². The molecule has 0 bridgehead atoms. The van der Waals surface area contributed by atoms with Crippen LogP contribution in [-0.4, -0.2) is 23.2 Å². The molecule has 0 radical (unpaired) electrons. The van der Waals surface area contributed by atoms with Crippen molar-refractivity contribution in [2.75, 3.05) is 7.11 Å². The van der Waals surface area contributed by atoms with Gasteiger partial charge in [-0.15, -0.1) is 0 Å². The van der Waals surface area contributed by atoms with E-state index in [9.17, 15) is 13.6 Å². The zero-order valence-corrected chi connectivity index (χ0v) is 8.41. The van der Waals surface area contributed by atoms with Gasteiger partial charge in [-0.3, -0.25) is 0 Å². The molecule has 0 aliphatic rings. The summed E-state index contributed by atoms with van der Waals surface area (Å²) >= 11 is 0. The Balaban J connectivity index is 3.41. The number of carboxylic acid groups (broad SMARTS) is 1. The van der Waals surface area contributed by atoms with Gasteiger partial charge in [0.15, 0.2) is 5.69 Å². The molecule has 0 spiro atoms. The van der Waals surface area contributed by atoms with Crippen LogP contribution in [0.4, 0.5) is 8.78 Å². The third-order valence-electron chi connectivity index (χ3n) is 1.94. The second-order valence-corrected chi connectivity index (χ2v) is 2.90. The number of hydrogen-bond donors (Lipinski definition) is 2. The number of carbonyl (C=O) groups is 1. The summed E-state index contributed by atoms with van der Waals surface area (Å²) in [4.78, 5) is 14.2. The molecule has 0 saturated carbocycles. The summed E-state index contributed by atoms with van der Waals surface area (Å²) in [5, 5.41) is 8.72. The number of halogens is 2. The normalized spacial score (nSPS) is 10.6. The molecule has 0 atom stereocenters. The van der Waals surface area contributed by atoms with E-state index in [0.29, 0.717) is 0 Å². The molecular weight excluding hydrogens is 222 g/mol. The maximum atomic E-state index is 12.6. The number of rotatable bonds is 4. The Kier molecular flexibility index (Phi) is 3.73. The van der Waals surface area contributed by atoms with Gasteiger partial charge in [-0.05, 0) is 6.07 Å². The molecule has 0 fully saturated rings. The Morgan fingerprint density at radius 3 is 2.69 bits per heavy atom. The van der Waals surface area contributed by atoms with Gasteiger partial charge in [-0.1, -0.05) is 0 Å². The van der Waals surface area contributed by atoms with Crippen LogP contribution >= 0.6 is 0 Å². The minimum atomic E-state index is -2.92. The van der Waals surface area contributed by atoms with Crippen molar-refractivity contribution < 1.29 is 23.4 Å². The van der Waals surface area contributed by atoms with Crippen LogP contribution in [0.1, 0.15) is 28.0 Å². The summed E-state index contributed by atoms with van der Waals surface area (Å²) in [6.07, 6.45) is -2.92. The molecular formula is C9H10F2N2O3. The van der Waals surface area contributed by atoms with Gasteiger partial charge in [-0.25, -0.2) is 18.6 Å². The summed E-state index contributed by atoms with van der Waals surface area (Å²) in [6, 6.07) is 1.000. The zero-order chi connectivity index (χ0) is 12.3. The Hall–Kier alpha value is -1.76. The third kappa shape index (κ3) is 2.25. The van der Waals surface area contributed by atoms with Gasteiger partial charge in [-0.2, -0.15) is 0 Å². The molecule has 1 aromatic heterocycles. The van der Waals surface area contributed by atoms with E-state index in [0.717, 1.165) is 6.07 Å². The van der Waals surface area contributed by atoms with Crippen LogP contribution in [0.3, 0.4) is 0 Å². The molecule has 0 saturated heterocycles. The molecule has 0 aliphatic carbocycles. The summed E-state index contributed by atoms with van der Waals surface area (Å²) in [5.41, 5.74) is 4.17. The highest BCUT2D eigenvalue weighted by atomic mass is 19.3. The fourth-order valence-corrected chi connectivity index (χ4v) is 1.22. The van der Waals surface area contributed by atoms with Crippen LogP contribution in [-0.2, 0) is 6.54 Å². The first-order valence-corrected chi connectivity index (χ1v) is 4.30. The molecule has 5 nitrogen and oxygen atoms in total. The molecule has 3 N–H and O–H groups in total. The second kappa shape index (κ2) is 4.84. The topological polar surface area (TPSA) is 85.4 Å². The molecule has 0 aliphatic heterocycles. The highest BCUT2D eigenvalue weighted by Crippen LogP contribution is 2.27. The number of hydrogen-bond acceptors (Lipinski definition) is 4. The number of nitrogens with zero attached hydrogens (tertiary/aromatic N) is 1. The first kappa shape index (κ1) is 12.3. The average Bonchev–Trinajstić information content (AvgIpc) is 2.26.